The third kappa shape index (κ3) is 6.08. The first kappa shape index (κ1) is 21.7. The summed E-state index contributed by atoms with van der Waals surface area (Å²) in [4.78, 5) is 43.2. The van der Waals surface area contributed by atoms with E-state index in [1.807, 2.05) is 0 Å². The SMILES string of the molecule is CC1=C(C)C(=O)C(CCC(C)(O)CCC(=O)O)=C(C)C1=O.O=CO. The molecular formula is C17H24O7. The third-order valence-electron chi connectivity index (χ3n) is 4.10. The van der Waals surface area contributed by atoms with Crippen molar-refractivity contribution >= 4 is 24.0 Å². The summed E-state index contributed by atoms with van der Waals surface area (Å²) < 4.78 is 0. The molecule has 0 bridgehead atoms. The van der Waals surface area contributed by atoms with Crippen LogP contribution in [-0.2, 0) is 19.2 Å². The Bertz CT molecular complexity index is 594. The number of Topliss-reactive ketones (excluding diaryl/α,β-unsaturated/α-hetero) is 2. The molecule has 0 saturated carbocycles. The van der Waals surface area contributed by atoms with E-state index in [-0.39, 0.29) is 43.7 Å². The molecule has 0 aromatic heterocycles. The Morgan fingerprint density at radius 2 is 1.50 bits per heavy atom. The monoisotopic (exact) mass is 340 g/mol. The predicted molar refractivity (Wildman–Crippen MR) is 86.5 cm³/mol. The first-order valence-corrected chi connectivity index (χ1v) is 7.47. The van der Waals surface area contributed by atoms with Crippen molar-refractivity contribution in [1.82, 2.24) is 0 Å². The van der Waals surface area contributed by atoms with Crippen molar-refractivity contribution in [2.75, 3.05) is 0 Å². The predicted octanol–water partition coefficient (Wildman–Crippen LogP) is 1.89. The molecule has 1 atom stereocenters. The van der Waals surface area contributed by atoms with Gasteiger partial charge in [-0.05, 0) is 47.0 Å². The van der Waals surface area contributed by atoms with Gasteiger partial charge in [0.05, 0.1) is 5.60 Å². The van der Waals surface area contributed by atoms with Crippen LogP contribution in [0.5, 0.6) is 0 Å². The molecule has 0 heterocycles. The second-order valence-corrected chi connectivity index (χ2v) is 6.01. The average molecular weight is 340 g/mol. The summed E-state index contributed by atoms with van der Waals surface area (Å²) in [5, 5.41) is 25.7. The van der Waals surface area contributed by atoms with Gasteiger partial charge in [-0.25, -0.2) is 0 Å². The summed E-state index contributed by atoms with van der Waals surface area (Å²) in [6.45, 7) is 6.19. The smallest absolute Gasteiger partial charge is 0.303 e. The largest absolute Gasteiger partial charge is 0.483 e. The highest BCUT2D eigenvalue weighted by Crippen LogP contribution is 2.29. The highest BCUT2D eigenvalue weighted by Gasteiger charge is 2.30. The normalized spacial score (nSPS) is 17.2. The summed E-state index contributed by atoms with van der Waals surface area (Å²) >= 11 is 0. The fourth-order valence-electron chi connectivity index (χ4n) is 2.35. The van der Waals surface area contributed by atoms with Crippen molar-refractivity contribution in [3.05, 3.63) is 22.3 Å². The first-order valence-electron chi connectivity index (χ1n) is 7.47. The number of carbonyl (C=O) groups excluding carboxylic acids is 2. The van der Waals surface area contributed by atoms with Crippen LogP contribution in [0.1, 0.15) is 53.4 Å². The molecule has 1 unspecified atom stereocenters. The molecule has 134 valence electrons. The maximum absolute atomic E-state index is 12.2. The molecule has 1 aliphatic rings. The summed E-state index contributed by atoms with van der Waals surface area (Å²) in [5.41, 5.74) is 0.611. The van der Waals surface area contributed by atoms with Crippen LogP contribution < -0.4 is 0 Å². The number of allylic oxidation sites excluding steroid dienone is 4. The molecule has 0 saturated heterocycles. The van der Waals surface area contributed by atoms with E-state index in [0.29, 0.717) is 22.3 Å². The van der Waals surface area contributed by atoms with Crippen LogP contribution in [0.15, 0.2) is 22.3 Å². The van der Waals surface area contributed by atoms with Crippen LogP contribution in [0.4, 0.5) is 0 Å². The van der Waals surface area contributed by atoms with E-state index in [1.165, 1.54) is 0 Å². The van der Waals surface area contributed by atoms with E-state index in [9.17, 15) is 19.5 Å². The molecule has 3 N–H and O–H groups in total. The number of carboxylic acid groups (broad SMARTS) is 2. The molecule has 0 aliphatic heterocycles. The first-order chi connectivity index (χ1) is 11.0. The van der Waals surface area contributed by atoms with Crippen LogP contribution >= 0.6 is 0 Å². The zero-order chi connectivity index (χ0) is 19.1. The second kappa shape index (κ2) is 9.12. The van der Waals surface area contributed by atoms with E-state index >= 15 is 0 Å². The van der Waals surface area contributed by atoms with Gasteiger partial charge in [-0.15, -0.1) is 0 Å². The van der Waals surface area contributed by atoms with Crippen molar-refractivity contribution in [3.8, 4) is 0 Å². The van der Waals surface area contributed by atoms with Crippen LogP contribution in [0, 0.1) is 0 Å². The second-order valence-electron chi connectivity index (χ2n) is 6.01. The molecule has 1 rings (SSSR count). The van der Waals surface area contributed by atoms with Gasteiger partial charge in [0.15, 0.2) is 11.6 Å². The highest BCUT2D eigenvalue weighted by molar-refractivity contribution is 6.24. The zero-order valence-corrected chi connectivity index (χ0v) is 14.4. The number of aliphatic carboxylic acids is 1. The summed E-state index contributed by atoms with van der Waals surface area (Å²) in [7, 11) is 0. The highest BCUT2D eigenvalue weighted by atomic mass is 16.4. The van der Waals surface area contributed by atoms with Crippen molar-refractivity contribution in [2.45, 2.75) is 59.0 Å². The molecular weight excluding hydrogens is 316 g/mol. The molecule has 0 amide bonds. The fourth-order valence-corrected chi connectivity index (χ4v) is 2.35. The third-order valence-corrected chi connectivity index (χ3v) is 4.10. The molecule has 7 heteroatoms. The minimum absolute atomic E-state index is 0.116. The standard InChI is InChI=1S/C16H22O5.CH2O2/c1-9-10(2)15(20)12(11(3)14(9)19)5-7-16(4,21)8-6-13(17)18;2-1-3/h21H,5-8H2,1-4H3,(H,17,18);1H,(H,2,3). The summed E-state index contributed by atoms with van der Waals surface area (Å²) in [6.07, 6.45) is 0.506. The number of carboxylic acids is 1. The molecule has 0 spiro atoms. The Hall–Kier alpha value is -2.28. The average Bonchev–Trinajstić information content (AvgIpc) is 2.50. The Morgan fingerprint density at radius 3 is 1.96 bits per heavy atom. The Morgan fingerprint density at radius 1 is 1.04 bits per heavy atom. The number of hydrogen-bond donors (Lipinski definition) is 3. The number of ketones is 2. The van der Waals surface area contributed by atoms with Crippen molar-refractivity contribution in [3.63, 3.8) is 0 Å². The minimum Gasteiger partial charge on any atom is -0.483 e. The maximum atomic E-state index is 12.2. The van der Waals surface area contributed by atoms with Crippen molar-refractivity contribution < 1.29 is 34.5 Å². The van der Waals surface area contributed by atoms with Gasteiger partial charge in [0.2, 0.25) is 0 Å². The summed E-state index contributed by atoms with van der Waals surface area (Å²) in [5.74, 6) is -1.25. The van der Waals surface area contributed by atoms with Gasteiger partial charge < -0.3 is 15.3 Å². The van der Waals surface area contributed by atoms with Gasteiger partial charge in [-0.2, -0.15) is 0 Å². The van der Waals surface area contributed by atoms with Crippen LogP contribution in [0.3, 0.4) is 0 Å². The number of hydrogen-bond acceptors (Lipinski definition) is 5. The van der Waals surface area contributed by atoms with E-state index in [4.69, 9.17) is 15.0 Å². The van der Waals surface area contributed by atoms with Gasteiger partial charge >= 0.3 is 5.97 Å². The number of rotatable bonds is 6. The summed E-state index contributed by atoms with van der Waals surface area (Å²) in [6, 6.07) is 0. The lowest BCUT2D eigenvalue weighted by atomic mass is 9.82. The lowest BCUT2D eigenvalue weighted by Crippen LogP contribution is -2.27. The molecule has 7 nitrogen and oxygen atoms in total. The molecule has 1 aliphatic carbocycles. The van der Waals surface area contributed by atoms with Crippen LogP contribution in [0.25, 0.3) is 0 Å². The van der Waals surface area contributed by atoms with E-state index in [0.717, 1.165) is 0 Å². The van der Waals surface area contributed by atoms with Crippen molar-refractivity contribution in [2.24, 2.45) is 0 Å². The molecule has 0 aromatic rings. The van der Waals surface area contributed by atoms with E-state index in [1.54, 1.807) is 27.7 Å². The maximum Gasteiger partial charge on any atom is 0.303 e. The fraction of sp³-hybridized carbons (Fsp3) is 0.529. The molecule has 24 heavy (non-hydrogen) atoms. The number of aliphatic hydroxyl groups is 1. The van der Waals surface area contributed by atoms with Crippen molar-refractivity contribution in [1.29, 1.82) is 0 Å². The Kier molecular flexibility index (Phi) is 8.26. The topological polar surface area (TPSA) is 129 Å². The minimum atomic E-state index is -1.17. The lowest BCUT2D eigenvalue weighted by Gasteiger charge is -2.25. The van der Waals surface area contributed by atoms with Gasteiger partial charge in [-0.1, -0.05) is 0 Å². The van der Waals surface area contributed by atoms with Gasteiger partial charge in [0, 0.05) is 28.7 Å². The van der Waals surface area contributed by atoms with Gasteiger partial charge in [0.25, 0.3) is 6.47 Å². The Labute approximate surface area is 140 Å². The molecule has 0 radical (unpaired) electrons. The Balaban J connectivity index is 0.00000163. The van der Waals surface area contributed by atoms with Gasteiger partial charge in [-0.3, -0.25) is 19.2 Å². The molecule has 0 fully saturated rings. The van der Waals surface area contributed by atoms with Crippen LogP contribution in [-0.4, -0.2) is 44.9 Å². The quantitative estimate of drug-likeness (QED) is 0.497. The van der Waals surface area contributed by atoms with Gasteiger partial charge in [0.1, 0.15) is 0 Å². The van der Waals surface area contributed by atoms with Crippen LogP contribution in [0.2, 0.25) is 0 Å². The lowest BCUT2D eigenvalue weighted by molar-refractivity contribution is -0.138. The van der Waals surface area contributed by atoms with E-state index < -0.39 is 11.6 Å². The zero-order valence-electron chi connectivity index (χ0n) is 14.4. The molecule has 0 aromatic carbocycles. The number of carbonyl (C=O) groups is 4. The van der Waals surface area contributed by atoms with E-state index in [2.05, 4.69) is 0 Å².